The average molecular weight is 305 g/mol. The number of hydrogen-bond acceptors (Lipinski definition) is 4. The van der Waals surface area contributed by atoms with E-state index in [4.69, 9.17) is 11.6 Å². The first-order valence-corrected chi connectivity index (χ1v) is 6.93. The van der Waals surface area contributed by atoms with E-state index in [1.165, 1.54) is 4.90 Å². The van der Waals surface area contributed by atoms with E-state index < -0.39 is 6.09 Å². The third kappa shape index (κ3) is 2.42. The molecule has 3 rings (SSSR count). The number of nitrogens with zero attached hydrogens (tertiary/aromatic N) is 4. The van der Waals surface area contributed by atoms with Crippen LogP contribution in [0.25, 0.3) is 11.5 Å². The second-order valence-corrected chi connectivity index (χ2v) is 5.17. The summed E-state index contributed by atoms with van der Waals surface area (Å²) in [6, 6.07) is 5.13. The Kier molecular flexibility index (Phi) is 3.47. The van der Waals surface area contributed by atoms with E-state index in [0.717, 1.165) is 5.69 Å². The summed E-state index contributed by atoms with van der Waals surface area (Å²) in [5.41, 5.74) is 2.13. The summed E-state index contributed by atoms with van der Waals surface area (Å²) < 4.78 is 0. The number of halogens is 1. The quantitative estimate of drug-likeness (QED) is 0.820. The van der Waals surface area contributed by atoms with Gasteiger partial charge in [0.05, 0.1) is 11.7 Å². The SMILES string of the molecule is CC1c2c(Cl)nc(-c3ccccn3)nc2CCN1C(=O)O. The summed E-state index contributed by atoms with van der Waals surface area (Å²) in [5.74, 6) is 0.468. The van der Waals surface area contributed by atoms with Gasteiger partial charge in [0.2, 0.25) is 0 Å². The van der Waals surface area contributed by atoms with Crippen molar-refractivity contribution in [1.82, 2.24) is 19.9 Å². The van der Waals surface area contributed by atoms with Crippen LogP contribution in [0.4, 0.5) is 4.79 Å². The molecule has 1 aliphatic heterocycles. The number of carboxylic acid groups (broad SMARTS) is 1. The maximum atomic E-state index is 11.2. The van der Waals surface area contributed by atoms with Gasteiger partial charge in [-0.2, -0.15) is 0 Å². The lowest BCUT2D eigenvalue weighted by atomic mass is 10.00. The van der Waals surface area contributed by atoms with E-state index in [2.05, 4.69) is 15.0 Å². The molecule has 0 bridgehead atoms. The Balaban J connectivity index is 2.06. The van der Waals surface area contributed by atoms with Gasteiger partial charge in [-0.3, -0.25) is 4.98 Å². The standard InChI is InChI=1S/C14H13ClN4O2/c1-8-11-9(5-7-19(8)14(20)21)17-13(18-12(11)15)10-4-2-3-6-16-10/h2-4,6,8H,5,7H2,1H3,(H,20,21). The summed E-state index contributed by atoms with van der Waals surface area (Å²) in [4.78, 5) is 25.5. The van der Waals surface area contributed by atoms with E-state index in [9.17, 15) is 9.90 Å². The predicted molar refractivity (Wildman–Crippen MR) is 77.1 cm³/mol. The molecule has 0 fully saturated rings. The zero-order valence-electron chi connectivity index (χ0n) is 11.3. The Morgan fingerprint density at radius 2 is 2.24 bits per heavy atom. The van der Waals surface area contributed by atoms with Gasteiger partial charge in [-0.05, 0) is 19.1 Å². The molecule has 3 heterocycles. The van der Waals surface area contributed by atoms with Crippen LogP contribution in [0.3, 0.4) is 0 Å². The van der Waals surface area contributed by atoms with Gasteiger partial charge in [-0.15, -0.1) is 0 Å². The largest absolute Gasteiger partial charge is 0.465 e. The van der Waals surface area contributed by atoms with Crippen molar-refractivity contribution in [3.8, 4) is 11.5 Å². The van der Waals surface area contributed by atoms with Crippen LogP contribution in [0.2, 0.25) is 5.15 Å². The van der Waals surface area contributed by atoms with Gasteiger partial charge in [-0.25, -0.2) is 14.8 Å². The molecule has 0 radical (unpaired) electrons. The lowest BCUT2D eigenvalue weighted by Gasteiger charge is -2.32. The van der Waals surface area contributed by atoms with E-state index in [1.807, 2.05) is 18.2 Å². The second kappa shape index (κ2) is 5.29. The lowest BCUT2D eigenvalue weighted by molar-refractivity contribution is 0.124. The molecule has 1 aliphatic rings. The topological polar surface area (TPSA) is 79.2 Å². The number of amides is 1. The minimum Gasteiger partial charge on any atom is -0.465 e. The maximum Gasteiger partial charge on any atom is 0.407 e. The van der Waals surface area contributed by atoms with Gasteiger partial charge in [0.1, 0.15) is 10.8 Å². The molecule has 0 saturated carbocycles. The summed E-state index contributed by atoms with van der Waals surface area (Å²) >= 11 is 6.26. The molecule has 21 heavy (non-hydrogen) atoms. The zero-order chi connectivity index (χ0) is 15.0. The van der Waals surface area contributed by atoms with Crippen LogP contribution in [0.1, 0.15) is 24.2 Å². The smallest absolute Gasteiger partial charge is 0.407 e. The van der Waals surface area contributed by atoms with Crippen molar-refractivity contribution in [3.63, 3.8) is 0 Å². The van der Waals surface area contributed by atoms with Crippen LogP contribution < -0.4 is 0 Å². The highest BCUT2D eigenvalue weighted by Gasteiger charge is 2.31. The van der Waals surface area contributed by atoms with E-state index in [-0.39, 0.29) is 6.04 Å². The predicted octanol–water partition coefficient (Wildman–Crippen LogP) is 2.79. The Morgan fingerprint density at radius 3 is 2.90 bits per heavy atom. The van der Waals surface area contributed by atoms with E-state index in [1.54, 1.807) is 13.1 Å². The number of pyridine rings is 1. The number of carbonyl (C=O) groups is 1. The van der Waals surface area contributed by atoms with Crippen molar-refractivity contribution in [2.75, 3.05) is 6.54 Å². The monoisotopic (exact) mass is 304 g/mol. The van der Waals surface area contributed by atoms with Gasteiger partial charge in [0.15, 0.2) is 5.82 Å². The molecular weight excluding hydrogens is 292 g/mol. The second-order valence-electron chi connectivity index (χ2n) is 4.82. The van der Waals surface area contributed by atoms with Crippen LogP contribution in [-0.4, -0.2) is 37.6 Å². The molecule has 2 aromatic heterocycles. The van der Waals surface area contributed by atoms with Crippen molar-refractivity contribution in [3.05, 3.63) is 40.8 Å². The number of fused-ring (bicyclic) bond motifs is 1. The molecule has 0 aromatic carbocycles. The molecule has 1 N–H and O–H groups in total. The highest BCUT2D eigenvalue weighted by Crippen LogP contribution is 2.34. The fourth-order valence-electron chi connectivity index (χ4n) is 2.54. The molecule has 1 amide bonds. The third-order valence-corrected chi connectivity index (χ3v) is 3.88. The first kappa shape index (κ1) is 13.8. The summed E-state index contributed by atoms with van der Waals surface area (Å²) in [6.45, 7) is 2.19. The summed E-state index contributed by atoms with van der Waals surface area (Å²) in [6.07, 6.45) is 1.23. The zero-order valence-corrected chi connectivity index (χ0v) is 12.1. The first-order chi connectivity index (χ1) is 10.1. The van der Waals surface area contributed by atoms with Crippen LogP contribution in [0.15, 0.2) is 24.4 Å². The Hall–Kier alpha value is -2.21. The fourth-order valence-corrected chi connectivity index (χ4v) is 2.88. The highest BCUT2D eigenvalue weighted by atomic mass is 35.5. The molecule has 1 unspecified atom stereocenters. The van der Waals surface area contributed by atoms with Crippen LogP contribution in [0, 0.1) is 0 Å². The first-order valence-electron chi connectivity index (χ1n) is 6.55. The number of rotatable bonds is 1. The van der Waals surface area contributed by atoms with Gasteiger partial charge >= 0.3 is 6.09 Å². The van der Waals surface area contributed by atoms with Crippen molar-refractivity contribution < 1.29 is 9.90 Å². The normalized spacial score (nSPS) is 17.4. The van der Waals surface area contributed by atoms with Crippen molar-refractivity contribution in [1.29, 1.82) is 0 Å². The number of hydrogen-bond donors (Lipinski definition) is 1. The van der Waals surface area contributed by atoms with Gasteiger partial charge in [0, 0.05) is 24.7 Å². The van der Waals surface area contributed by atoms with E-state index >= 15 is 0 Å². The van der Waals surface area contributed by atoms with Gasteiger partial charge in [-0.1, -0.05) is 17.7 Å². The van der Waals surface area contributed by atoms with Crippen LogP contribution >= 0.6 is 11.6 Å². The molecule has 0 saturated heterocycles. The Morgan fingerprint density at radius 1 is 1.43 bits per heavy atom. The Labute approximate surface area is 126 Å². The van der Waals surface area contributed by atoms with Gasteiger partial charge in [0.25, 0.3) is 0 Å². The summed E-state index contributed by atoms with van der Waals surface area (Å²) in [5, 5.41) is 9.48. The van der Waals surface area contributed by atoms with Crippen molar-refractivity contribution >= 4 is 17.7 Å². The lowest BCUT2D eigenvalue weighted by Crippen LogP contribution is -2.38. The number of aromatic nitrogens is 3. The summed E-state index contributed by atoms with van der Waals surface area (Å²) in [7, 11) is 0. The van der Waals surface area contributed by atoms with E-state index in [0.29, 0.717) is 35.2 Å². The minimum absolute atomic E-state index is 0.291. The van der Waals surface area contributed by atoms with Gasteiger partial charge < -0.3 is 10.0 Å². The third-order valence-electron chi connectivity index (χ3n) is 3.59. The van der Waals surface area contributed by atoms with Crippen molar-refractivity contribution in [2.24, 2.45) is 0 Å². The fraction of sp³-hybridized carbons (Fsp3) is 0.286. The van der Waals surface area contributed by atoms with Crippen molar-refractivity contribution in [2.45, 2.75) is 19.4 Å². The highest BCUT2D eigenvalue weighted by molar-refractivity contribution is 6.30. The average Bonchev–Trinajstić information content (AvgIpc) is 2.47. The molecule has 0 spiro atoms. The molecular formula is C14H13ClN4O2. The molecule has 108 valence electrons. The van der Waals surface area contributed by atoms with Crippen LogP contribution in [0.5, 0.6) is 0 Å². The molecule has 6 nitrogen and oxygen atoms in total. The maximum absolute atomic E-state index is 11.2. The van der Waals surface area contributed by atoms with Crippen LogP contribution in [-0.2, 0) is 6.42 Å². The molecule has 2 aromatic rings. The molecule has 7 heteroatoms. The Bertz CT molecular complexity index is 693. The molecule has 0 aliphatic carbocycles. The minimum atomic E-state index is -0.960. The molecule has 1 atom stereocenters.